The molecule has 0 fully saturated rings. The molecule has 0 unspecified atom stereocenters. The van der Waals surface area contributed by atoms with E-state index in [4.69, 9.17) is 9.47 Å². The van der Waals surface area contributed by atoms with Crippen LogP contribution in [0.4, 0.5) is 5.95 Å². The van der Waals surface area contributed by atoms with E-state index in [2.05, 4.69) is 41.0 Å². The minimum absolute atomic E-state index is 0.306. The predicted molar refractivity (Wildman–Crippen MR) is 79.3 cm³/mol. The Kier molecular flexibility index (Phi) is 7.69. The van der Waals surface area contributed by atoms with Gasteiger partial charge in [0.05, 0.1) is 13.2 Å². The van der Waals surface area contributed by atoms with Crippen LogP contribution in [-0.2, 0) is 0 Å². The molecule has 0 atom stereocenters. The number of hydrogen-bond donors (Lipinski definition) is 1. The summed E-state index contributed by atoms with van der Waals surface area (Å²) in [4.78, 5) is 12.6. The fourth-order valence-electron chi connectivity index (χ4n) is 1.57. The zero-order chi connectivity index (χ0) is 14.8. The summed E-state index contributed by atoms with van der Waals surface area (Å²) in [6.45, 7) is 10.3. The number of nitrogens with zero attached hydrogens (tertiary/aromatic N) is 3. The number of nitrogens with one attached hydrogen (secondary N) is 1. The molecule has 1 aromatic rings. The van der Waals surface area contributed by atoms with Crippen LogP contribution in [-0.4, -0.2) is 34.7 Å². The Balaban J connectivity index is 2.60. The van der Waals surface area contributed by atoms with Gasteiger partial charge in [-0.05, 0) is 32.1 Å². The van der Waals surface area contributed by atoms with Gasteiger partial charge in [-0.2, -0.15) is 9.97 Å². The van der Waals surface area contributed by atoms with Gasteiger partial charge in [-0.1, -0.05) is 20.8 Å². The van der Waals surface area contributed by atoms with Crippen LogP contribution < -0.4 is 14.8 Å². The summed E-state index contributed by atoms with van der Waals surface area (Å²) in [5.74, 6) is 1.18. The summed E-state index contributed by atoms with van der Waals surface area (Å²) in [6, 6.07) is 0.630. The molecule has 6 heteroatoms. The van der Waals surface area contributed by atoms with Crippen molar-refractivity contribution in [1.29, 1.82) is 0 Å². The lowest BCUT2D eigenvalue weighted by Crippen LogP contribution is -2.10. The number of anilines is 1. The van der Waals surface area contributed by atoms with Gasteiger partial charge >= 0.3 is 12.0 Å². The van der Waals surface area contributed by atoms with Gasteiger partial charge in [0.2, 0.25) is 5.95 Å². The molecule has 0 radical (unpaired) electrons. The highest BCUT2D eigenvalue weighted by atomic mass is 16.5. The first-order chi connectivity index (χ1) is 9.65. The summed E-state index contributed by atoms with van der Waals surface area (Å²) in [7, 11) is 0. The summed E-state index contributed by atoms with van der Waals surface area (Å²) >= 11 is 0. The van der Waals surface area contributed by atoms with Crippen molar-refractivity contribution in [2.45, 2.75) is 47.0 Å². The highest BCUT2D eigenvalue weighted by molar-refractivity contribution is 5.27. The second-order valence-electron chi connectivity index (χ2n) is 4.97. The molecule has 0 aliphatic heterocycles. The van der Waals surface area contributed by atoms with Crippen molar-refractivity contribution in [3.63, 3.8) is 0 Å². The van der Waals surface area contributed by atoms with Crippen molar-refractivity contribution in [2.75, 3.05) is 25.1 Å². The van der Waals surface area contributed by atoms with E-state index in [1.165, 1.54) is 0 Å². The van der Waals surface area contributed by atoms with Crippen LogP contribution in [0.1, 0.15) is 47.0 Å². The third-order valence-corrected chi connectivity index (χ3v) is 2.56. The van der Waals surface area contributed by atoms with E-state index in [1.807, 2.05) is 6.92 Å². The third-order valence-electron chi connectivity index (χ3n) is 2.56. The lowest BCUT2D eigenvalue weighted by atomic mass is 10.1. The third kappa shape index (κ3) is 6.54. The van der Waals surface area contributed by atoms with Crippen molar-refractivity contribution in [1.82, 2.24) is 15.0 Å². The number of aromatic nitrogens is 3. The molecule has 1 rings (SSSR count). The van der Waals surface area contributed by atoms with Crippen LogP contribution in [0.15, 0.2) is 0 Å². The van der Waals surface area contributed by atoms with E-state index >= 15 is 0 Å². The predicted octanol–water partition coefficient (Wildman–Crippen LogP) is 2.91. The molecular formula is C14H26N4O2. The van der Waals surface area contributed by atoms with Crippen molar-refractivity contribution >= 4 is 5.95 Å². The van der Waals surface area contributed by atoms with Gasteiger partial charge in [-0.25, -0.2) is 0 Å². The number of ether oxygens (including phenoxy) is 2. The molecule has 0 aromatic carbocycles. The second-order valence-corrected chi connectivity index (χ2v) is 4.97. The summed E-state index contributed by atoms with van der Waals surface area (Å²) in [5, 5.41) is 3.12. The molecule has 0 aliphatic rings. The molecule has 0 amide bonds. The lowest BCUT2D eigenvalue weighted by molar-refractivity contribution is 0.259. The highest BCUT2D eigenvalue weighted by Gasteiger charge is 2.08. The molecule has 114 valence electrons. The molecule has 20 heavy (non-hydrogen) atoms. The van der Waals surface area contributed by atoms with E-state index < -0.39 is 0 Å². The molecule has 1 heterocycles. The zero-order valence-corrected chi connectivity index (χ0v) is 13.0. The Morgan fingerprint density at radius 1 is 1.05 bits per heavy atom. The van der Waals surface area contributed by atoms with Crippen LogP contribution in [0.5, 0.6) is 12.0 Å². The van der Waals surface area contributed by atoms with Crippen molar-refractivity contribution in [3.8, 4) is 12.0 Å². The lowest BCUT2D eigenvalue weighted by Gasteiger charge is -2.09. The van der Waals surface area contributed by atoms with Crippen LogP contribution in [0.2, 0.25) is 0 Å². The molecule has 0 spiro atoms. The number of hydrogen-bond acceptors (Lipinski definition) is 6. The molecule has 1 N–H and O–H groups in total. The molecule has 0 aliphatic carbocycles. The van der Waals surface area contributed by atoms with Crippen LogP contribution in [0.3, 0.4) is 0 Å². The van der Waals surface area contributed by atoms with Crippen LogP contribution in [0.25, 0.3) is 0 Å². The minimum Gasteiger partial charge on any atom is -0.464 e. The maximum atomic E-state index is 5.58. The molecule has 0 saturated heterocycles. The normalized spacial score (nSPS) is 10.7. The minimum atomic E-state index is 0.306. The monoisotopic (exact) mass is 282 g/mol. The van der Waals surface area contributed by atoms with E-state index in [1.54, 1.807) is 0 Å². The smallest absolute Gasteiger partial charge is 0.324 e. The Hall–Kier alpha value is -1.59. The van der Waals surface area contributed by atoms with Crippen LogP contribution in [0, 0.1) is 5.92 Å². The molecule has 6 nitrogen and oxygen atoms in total. The summed E-state index contributed by atoms with van der Waals surface area (Å²) < 4.78 is 10.9. The summed E-state index contributed by atoms with van der Waals surface area (Å²) in [6.07, 6.45) is 3.12. The Labute approximate surface area is 121 Å². The van der Waals surface area contributed by atoms with E-state index in [0.717, 1.165) is 25.8 Å². The van der Waals surface area contributed by atoms with E-state index in [0.29, 0.717) is 37.1 Å². The van der Waals surface area contributed by atoms with Crippen molar-refractivity contribution < 1.29 is 9.47 Å². The average molecular weight is 282 g/mol. The Morgan fingerprint density at radius 2 is 1.75 bits per heavy atom. The first-order valence-electron chi connectivity index (χ1n) is 7.41. The fourth-order valence-corrected chi connectivity index (χ4v) is 1.57. The highest BCUT2D eigenvalue weighted by Crippen LogP contribution is 2.14. The Morgan fingerprint density at radius 3 is 2.35 bits per heavy atom. The first-order valence-corrected chi connectivity index (χ1v) is 7.41. The topological polar surface area (TPSA) is 69.2 Å². The second kappa shape index (κ2) is 9.34. The molecular weight excluding hydrogens is 256 g/mol. The number of rotatable bonds is 10. The van der Waals surface area contributed by atoms with Gasteiger partial charge in [0.25, 0.3) is 0 Å². The van der Waals surface area contributed by atoms with Gasteiger partial charge in [-0.3, -0.25) is 0 Å². The molecule has 1 aromatic heterocycles. The standard InChI is InChI=1S/C14H26N4O2/c1-5-9-15-12-16-13(19-6-2)18-14(17-12)20-10-7-8-11(3)4/h11H,5-10H2,1-4H3,(H,15,16,17,18). The van der Waals surface area contributed by atoms with Crippen LogP contribution >= 0.6 is 0 Å². The largest absolute Gasteiger partial charge is 0.464 e. The van der Waals surface area contributed by atoms with Crippen molar-refractivity contribution in [3.05, 3.63) is 0 Å². The maximum absolute atomic E-state index is 5.58. The van der Waals surface area contributed by atoms with Crippen molar-refractivity contribution in [2.24, 2.45) is 5.92 Å². The summed E-state index contributed by atoms with van der Waals surface area (Å²) in [5.41, 5.74) is 0. The fraction of sp³-hybridized carbons (Fsp3) is 0.786. The maximum Gasteiger partial charge on any atom is 0.324 e. The first kappa shape index (κ1) is 16.5. The van der Waals surface area contributed by atoms with Gasteiger partial charge in [0.15, 0.2) is 0 Å². The van der Waals surface area contributed by atoms with Gasteiger partial charge in [0, 0.05) is 6.54 Å². The molecule has 0 bridgehead atoms. The van der Waals surface area contributed by atoms with E-state index in [-0.39, 0.29) is 0 Å². The van der Waals surface area contributed by atoms with Gasteiger partial charge < -0.3 is 14.8 Å². The SMILES string of the molecule is CCCNc1nc(OCC)nc(OCCCC(C)C)n1. The van der Waals surface area contributed by atoms with E-state index in [9.17, 15) is 0 Å². The zero-order valence-electron chi connectivity index (χ0n) is 13.0. The Bertz CT molecular complexity index is 385. The van der Waals surface area contributed by atoms with Gasteiger partial charge in [0.1, 0.15) is 0 Å². The average Bonchev–Trinajstić information content (AvgIpc) is 2.41. The van der Waals surface area contributed by atoms with Gasteiger partial charge in [-0.15, -0.1) is 4.98 Å². The molecule has 0 saturated carbocycles. The quantitative estimate of drug-likeness (QED) is 0.665.